The number of ether oxygens (including phenoxy) is 2. The highest BCUT2D eigenvalue weighted by atomic mass is 16.5. The van der Waals surface area contributed by atoms with Crippen molar-refractivity contribution in [3.63, 3.8) is 0 Å². The van der Waals surface area contributed by atoms with Gasteiger partial charge in [-0.05, 0) is 55.4 Å². The Morgan fingerprint density at radius 2 is 1.07 bits per heavy atom. The van der Waals surface area contributed by atoms with Gasteiger partial charge in [0.15, 0.2) is 0 Å². The largest absolute Gasteiger partial charge is 0.494 e. The zero-order valence-electron chi connectivity index (χ0n) is 18.6. The van der Waals surface area contributed by atoms with E-state index in [1.165, 1.54) is 83.5 Å². The van der Waals surface area contributed by atoms with Crippen LogP contribution in [0.3, 0.4) is 0 Å². The van der Waals surface area contributed by atoms with E-state index >= 15 is 0 Å². The molecule has 0 aliphatic heterocycles. The molecule has 1 aliphatic rings. The van der Waals surface area contributed by atoms with Crippen molar-refractivity contribution >= 4 is 0 Å². The average molecular weight is 389 g/mol. The van der Waals surface area contributed by atoms with Gasteiger partial charge in [0.1, 0.15) is 11.5 Å². The second-order valence-corrected chi connectivity index (χ2v) is 8.75. The van der Waals surface area contributed by atoms with Crippen molar-refractivity contribution in [2.75, 3.05) is 13.2 Å². The summed E-state index contributed by atoms with van der Waals surface area (Å²) in [5.74, 6) is 3.89. The second-order valence-electron chi connectivity index (χ2n) is 8.75. The first kappa shape index (κ1) is 23.1. The molecule has 0 radical (unpaired) electrons. The molecular formula is C26H44O2. The van der Waals surface area contributed by atoms with Crippen molar-refractivity contribution in [3.05, 3.63) is 24.3 Å². The quantitative estimate of drug-likeness (QED) is 0.282. The molecule has 0 N–H and O–H groups in total. The molecule has 2 nitrogen and oxygen atoms in total. The van der Waals surface area contributed by atoms with Gasteiger partial charge in [-0.15, -0.1) is 0 Å². The summed E-state index contributed by atoms with van der Waals surface area (Å²) in [5.41, 5.74) is 0. The third-order valence-electron chi connectivity index (χ3n) is 6.30. The molecule has 1 aromatic carbocycles. The van der Waals surface area contributed by atoms with E-state index in [1.54, 1.807) is 0 Å². The smallest absolute Gasteiger partial charge is 0.119 e. The van der Waals surface area contributed by atoms with Gasteiger partial charge in [0.2, 0.25) is 0 Å². The molecule has 1 fully saturated rings. The molecule has 0 spiro atoms. The fourth-order valence-electron chi connectivity index (χ4n) is 4.40. The fourth-order valence-corrected chi connectivity index (χ4v) is 4.40. The van der Waals surface area contributed by atoms with Crippen molar-refractivity contribution in [2.45, 2.75) is 104 Å². The highest BCUT2D eigenvalue weighted by molar-refractivity contribution is 5.31. The van der Waals surface area contributed by atoms with Crippen LogP contribution in [0.15, 0.2) is 24.3 Å². The fraction of sp³-hybridized carbons (Fsp3) is 0.769. The number of unbranched alkanes of at least 4 members (excludes halogenated alkanes) is 5. The zero-order chi connectivity index (χ0) is 19.9. The second kappa shape index (κ2) is 14.8. The first-order valence-electron chi connectivity index (χ1n) is 12.2. The summed E-state index contributed by atoms with van der Waals surface area (Å²) in [6.07, 6.45) is 19.0. The van der Waals surface area contributed by atoms with Gasteiger partial charge in [-0.25, -0.2) is 0 Å². The van der Waals surface area contributed by atoms with Crippen LogP contribution in [0.4, 0.5) is 0 Å². The van der Waals surface area contributed by atoms with Crippen molar-refractivity contribution in [3.8, 4) is 11.5 Å². The SMILES string of the molecule is CCCCCCOc1ccc(OCCC[C@H]2CC[C@H](CCCCC)CC2)cc1. The lowest BCUT2D eigenvalue weighted by molar-refractivity contribution is 0.228. The molecule has 0 unspecified atom stereocenters. The molecule has 1 saturated carbocycles. The number of rotatable bonds is 15. The third-order valence-corrected chi connectivity index (χ3v) is 6.30. The summed E-state index contributed by atoms with van der Waals surface area (Å²) >= 11 is 0. The maximum atomic E-state index is 5.94. The van der Waals surface area contributed by atoms with Crippen LogP contribution < -0.4 is 9.47 Å². The van der Waals surface area contributed by atoms with Crippen molar-refractivity contribution < 1.29 is 9.47 Å². The lowest BCUT2D eigenvalue weighted by Crippen LogP contribution is -2.15. The minimum Gasteiger partial charge on any atom is -0.494 e. The van der Waals surface area contributed by atoms with E-state index < -0.39 is 0 Å². The van der Waals surface area contributed by atoms with E-state index in [-0.39, 0.29) is 0 Å². The Balaban J connectivity index is 1.50. The maximum absolute atomic E-state index is 5.94. The summed E-state index contributed by atoms with van der Waals surface area (Å²) in [7, 11) is 0. The zero-order valence-corrected chi connectivity index (χ0v) is 18.6. The molecule has 0 bridgehead atoms. The van der Waals surface area contributed by atoms with Crippen LogP contribution in [0.25, 0.3) is 0 Å². The lowest BCUT2D eigenvalue weighted by atomic mass is 9.78. The van der Waals surface area contributed by atoms with Crippen LogP contribution >= 0.6 is 0 Å². The van der Waals surface area contributed by atoms with Gasteiger partial charge in [0, 0.05) is 0 Å². The molecule has 0 saturated heterocycles. The van der Waals surface area contributed by atoms with Gasteiger partial charge in [-0.1, -0.05) is 84.5 Å². The summed E-state index contributed by atoms with van der Waals surface area (Å²) in [4.78, 5) is 0. The molecule has 160 valence electrons. The van der Waals surface area contributed by atoms with Gasteiger partial charge in [0.25, 0.3) is 0 Å². The molecule has 0 amide bonds. The first-order valence-corrected chi connectivity index (χ1v) is 12.2. The standard InChI is InChI=1S/C26H44O2/c1-3-5-7-9-21-27-25-17-19-26(20-18-25)28-22-10-12-24-15-13-23(14-16-24)11-8-6-4-2/h17-20,23-24H,3-16,21-22H2,1-2H3/t23-,24-. The predicted octanol–water partition coefficient (Wildman–Crippen LogP) is 8.19. The van der Waals surface area contributed by atoms with Gasteiger partial charge in [-0.3, -0.25) is 0 Å². The Hall–Kier alpha value is -1.18. The van der Waals surface area contributed by atoms with E-state index in [0.29, 0.717) is 0 Å². The van der Waals surface area contributed by atoms with Crippen molar-refractivity contribution in [2.24, 2.45) is 11.8 Å². The highest BCUT2D eigenvalue weighted by Crippen LogP contribution is 2.34. The number of hydrogen-bond acceptors (Lipinski definition) is 2. The molecule has 1 aliphatic carbocycles. The molecule has 0 atom stereocenters. The summed E-state index contributed by atoms with van der Waals surface area (Å²) < 4.78 is 11.7. The predicted molar refractivity (Wildman–Crippen MR) is 120 cm³/mol. The highest BCUT2D eigenvalue weighted by Gasteiger charge is 2.20. The Morgan fingerprint density at radius 3 is 1.61 bits per heavy atom. The van der Waals surface area contributed by atoms with Gasteiger partial charge in [-0.2, -0.15) is 0 Å². The van der Waals surface area contributed by atoms with Gasteiger partial charge < -0.3 is 9.47 Å². The minimum absolute atomic E-state index is 0.820. The minimum atomic E-state index is 0.820. The van der Waals surface area contributed by atoms with Crippen LogP contribution in [0.2, 0.25) is 0 Å². The molecule has 0 aromatic heterocycles. The van der Waals surface area contributed by atoms with E-state index in [2.05, 4.69) is 13.8 Å². The third kappa shape index (κ3) is 9.85. The summed E-state index contributed by atoms with van der Waals surface area (Å²) in [5, 5.41) is 0. The van der Waals surface area contributed by atoms with Crippen LogP contribution in [0.5, 0.6) is 11.5 Å². The molecule has 2 rings (SSSR count). The Morgan fingerprint density at radius 1 is 0.607 bits per heavy atom. The summed E-state index contributed by atoms with van der Waals surface area (Å²) in [6.45, 7) is 6.20. The van der Waals surface area contributed by atoms with Crippen LogP contribution in [0, 0.1) is 11.8 Å². The van der Waals surface area contributed by atoms with Crippen molar-refractivity contribution in [1.29, 1.82) is 0 Å². The molecular weight excluding hydrogens is 344 g/mol. The molecule has 1 aromatic rings. The van der Waals surface area contributed by atoms with Crippen LogP contribution in [-0.2, 0) is 0 Å². The molecule has 2 heteroatoms. The number of benzene rings is 1. The van der Waals surface area contributed by atoms with Crippen molar-refractivity contribution in [1.82, 2.24) is 0 Å². The van der Waals surface area contributed by atoms with E-state index in [0.717, 1.165) is 43.0 Å². The van der Waals surface area contributed by atoms with Crippen LogP contribution in [-0.4, -0.2) is 13.2 Å². The van der Waals surface area contributed by atoms with Crippen LogP contribution in [0.1, 0.15) is 104 Å². The maximum Gasteiger partial charge on any atom is 0.119 e. The topological polar surface area (TPSA) is 18.5 Å². The Bertz CT molecular complexity index is 474. The van der Waals surface area contributed by atoms with Gasteiger partial charge >= 0.3 is 0 Å². The van der Waals surface area contributed by atoms with E-state index in [9.17, 15) is 0 Å². The normalized spacial score (nSPS) is 19.5. The van der Waals surface area contributed by atoms with E-state index in [1.807, 2.05) is 24.3 Å². The summed E-state index contributed by atoms with van der Waals surface area (Å²) in [6, 6.07) is 8.16. The Kier molecular flexibility index (Phi) is 12.2. The monoisotopic (exact) mass is 388 g/mol. The Labute approximate surface area is 174 Å². The first-order chi connectivity index (χ1) is 13.8. The molecule has 28 heavy (non-hydrogen) atoms. The lowest BCUT2D eigenvalue weighted by Gasteiger charge is -2.28. The van der Waals surface area contributed by atoms with Gasteiger partial charge in [0.05, 0.1) is 13.2 Å². The number of hydrogen-bond donors (Lipinski definition) is 0. The average Bonchev–Trinajstić information content (AvgIpc) is 2.73. The van der Waals surface area contributed by atoms with E-state index in [4.69, 9.17) is 9.47 Å². The molecule has 0 heterocycles.